The van der Waals surface area contributed by atoms with Crippen molar-refractivity contribution in [2.75, 3.05) is 10.0 Å². The van der Waals surface area contributed by atoms with Gasteiger partial charge in [0.05, 0.1) is 4.90 Å². The molecule has 0 aliphatic heterocycles. The lowest BCUT2D eigenvalue weighted by atomic mass is 10.1. The van der Waals surface area contributed by atoms with Crippen LogP contribution in [0, 0.1) is 0 Å². The Bertz CT molecular complexity index is 1290. The van der Waals surface area contributed by atoms with Crippen LogP contribution < -0.4 is 10.0 Å². The fraction of sp³-hybridized carbons (Fsp3) is 0. The second kappa shape index (κ2) is 7.73. The SMILES string of the molecule is O=C(Nc1ccncc1)c1cccc(NS(=O)(=O)c2ccc3ccccc3c2)c1. The van der Waals surface area contributed by atoms with Crippen LogP contribution in [-0.4, -0.2) is 19.3 Å². The first-order chi connectivity index (χ1) is 14.0. The summed E-state index contributed by atoms with van der Waals surface area (Å²) in [6.45, 7) is 0. The van der Waals surface area contributed by atoms with Crippen molar-refractivity contribution in [2.24, 2.45) is 0 Å². The van der Waals surface area contributed by atoms with Gasteiger partial charge in [-0.3, -0.25) is 14.5 Å². The summed E-state index contributed by atoms with van der Waals surface area (Å²) in [4.78, 5) is 16.5. The van der Waals surface area contributed by atoms with E-state index in [0.717, 1.165) is 10.8 Å². The van der Waals surface area contributed by atoms with Gasteiger partial charge in [-0.05, 0) is 53.2 Å². The zero-order chi connectivity index (χ0) is 20.3. The molecule has 2 N–H and O–H groups in total. The zero-order valence-electron chi connectivity index (χ0n) is 15.2. The number of aromatic nitrogens is 1. The number of anilines is 2. The van der Waals surface area contributed by atoms with Gasteiger partial charge < -0.3 is 5.32 Å². The summed E-state index contributed by atoms with van der Waals surface area (Å²) in [6, 6.07) is 22.2. The maximum atomic E-state index is 12.8. The predicted molar refractivity (Wildman–Crippen MR) is 113 cm³/mol. The highest BCUT2D eigenvalue weighted by Crippen LogP contribution is 2.22. The molecule has 4 aromatic rings. The number of amides is 1. The first-order valence-corrected chi connectivity index (χ1v) is 10.3. The van der Waals surface area contributed by atoms with Crippen LogP contribution in [0.25, 0.3) is 10.8 Å². The molecule has 0 saturated heterocycles. The molecule has 6 nitrogen and oxygen atoms in total. The van der Waals surface area contributed by atoms with Crippen LogP contribution in [-0.2, 0) is 10.0 Å². The van der Waals surface area contributed by atoms with Crippen molar-refractivity contribution in [1.82, 2.24) is 4.98 Å². The third-order valence-corrected chi connectivity index (χ3v) is 5.73. The van der Waals surface area contributed by atoms with Gasteiger partial charge in [-0.15, -0.1) is 0 Å². The highest BCUT2D eigenvalue weighted by atomic mass is 32.2. The normalized spacial score (nSPS) is 11.2. The Morgan fingerprint density at radius 3 is 2.31 bits per heavy atom. The molecule has 0 aliphatic rings. The molecular weight excluding hydrogens is 386 g/mol. The number of fused-ring (bicyclic) bond motifs is 1. The van der Waals surface area contributed by atoms with E-state index in [-0.39, 0.29) is 10.8 Å². The molecule has 29 heavy (non-hydrogen) atoms. The molecule has 1 amide bonds. The lowest BCUT2D eigenvalue weighted by Crippen LogP contribution is -2.15. The van der Waals surface area contributed by atoms with E-state index < -0.39 is 10.0 Å². The van der Waals surface area contributed by atoms with Crippen LogP contribution in [0.4, 0.5) is 11.4 Å². The third-order valence-electron chi connectivity index (χ3n) is 4.35. The number of nitrogens with one attached hydrogen (secondary N) is 2. The first-order valence-electron chi connectivity index (χ1n) is 8.84. The van der Waals surface area contributed by atoms with Gasteiger partial charge in [0.2, 0.25) is 0 Å². The molecule has 4 rings (SSSR count). The van der Waals surface area contributed by atoms with E-state index in [2.05, 4.69) is 15.0 Å². The Labute approximate surface area is 168 Å². The van der Waals surface area contributed by atoms with Crippen LogP contribution >= 0.6 is 0 Å². The van der Waals surface area contributed by atoms with Gasteiger partial charge in [-0.2, -0.15) is 0 Å². The lowest BCUT2D eigenvalue weighted by Gasteiger charge is -2.11. The van der Waals surface area contributed by atoms with Gasteiger partial charge in [0.25, 0.3) is 15.9 Å². The summed E-state index contributed by atoms with van der Waals surface area (Å²) >= 11 is 0. The van der Waals surface area contributed by atoms with Crippen LogP contribution in [0.2, 0.25) is 0 Å². The average molecular weight is 403 g/mol. The molecule has 0 fully saturated rings. The fourth-order valence-corrected chi connectivity index (χ4v) is 4.00. The number of hydrogen-bond donors (Lipinski definition) is 2. The van der Waals surface area contributed by atoms with Crippen molar-refractivity contribution >= 4 is 38.1 Å². The molecule has 3 aromatic carbocycles. The quantitative estimate of drug-likeness (QED) is 0.520. The standard InChI is InChI=1S/C22H17N3O3S/c26-22(24-19-10-12-23-13-11-19)18-6-3-7-20(14-18)25-29(27,28)21-9-8-16-4-1-2-5-17(16)15-21/h1-15,25H,(H,23,24,26). The Balaban J connectivity index is 1.57. The number of benzene rings is 3. The number of rotatable bonds is 5. The molecule has 0 bridgehead atoms. The zero-order valence-corrected chi connectivity index (χ0v) is 16.1. The minimum Gasteiger partial charge on any atom is -0.322 e. The van der Waals surface area contributed by atoms with E-state index in [1.807, 2.05) is 24.3 Å². The molecule has 0 atom stereocenters. The molecule has 0 spiro atoms. The highest BCUT2D eigenvalue weighted by molar-refractivity contribution is 7.92. The number of sulfonamides is 1. The first kappa shape index (κ1) is 18.6. The van der Waals surface area contributed by atoms with Crippen molar-refractivity contribution in [3.8, 4) is 0 Å². The summed E-state index contributed by atoms with van der Waals surface area (Å²) in [5.41, 5.74) is 1.24. The average Bonchev–Trinajstić information content (AvgIpc) is 2.74. The smallest absolute Gasteiger partial charge is 0.261 e. The van der Waals surface area contributed by atoms with E-state index in [0.29, 0.717) is 16.9 Å². The Kier molecular flexibility index (Phi) is 4.97. The molecule has 1 aromatic heterocycles. The van der Waals surface area contributed by atoms with E-state index in [1.165, 1.54) is 6.07 Å². The summed E-state index contributed by atoms with van der Waals surface area (Å²) < 4.78 is 28.1. The molecule has 0 saturated carbocycles. The van der Waals surface area contributed by atoms with Crippen molar-refractivity contribution in [3.05, 3.63) is 96.8 Å². The van der Waals surface area contributed by atoms with E-state index in [1.54, 1.807) is 60.9 Å². The summed E-state index contributed by atoms with van der Waals surface area (Å²) in [7, 11) is -3.80. The molecule has 1 heterocycles. The van der Waals surface area contributed by atoms with Crippen molar-refractivity contribution in [2.45, 2.75) is 4.90 Å². The maximum Gasteiger partial charge on any atom is 0.261 e. The van der Waals surface area contributed by atoms with Crippen LogP contribution in [0.3, 0.4) is 0 Å². The van der Waals surface area contributed by atoms with Crippen molar-refractivity contribution in [1.29, 1.82) is 0 Å². The van der Waals surface area contributed by atoms with Gasteiger partial charge in [0, 0.05) is 29.3 Å². The molecular formula is C22H17N3O3S. The molecule has 0 radical (unpaired) electrons. The summed E-state index contributed by atoms with van der Waals surface area (Å²) in [6.07, 6.45) is 3.15. The van der Waals surface area contributed by atoms with Gasteiger partial charge in [0.1, 0.15) is 0 Å². The van der Waals surface area contributed by atoms with Gasteiger partial charge >= 0.3 is 0 Å². The van der Waals surface area contributed by atoms with Crippen LogP contribution in [0.5, 0.6) is 0 Å². The number of pyridine rings is 1. The second-order valence-electron chi connectivity index (χ2n) is 6.39. The maximum absolute atomic E-state index is 12.8. The third kappa shape index (κ3) is 4.25. The molecule has 0 aliphatic carbocycles. The van der Waals surface area contributed by atoms with Gasteiger partial charge in [-0.1, -0.05) is 36.4 Å². The van der Waals surface area contributed by atoms with Gasteiger partial charge in [0.15, 0.2) is 0 Å². The van der Waals surface area contributed by atoms with Crippen molar-refractivity contribution in [3.63, 3.8) is 0 Å². The number of hydrogen-bond acceptors (Lipinski definition) is 4. The largest absolute Gasteiger partial charge is 0.322 e. The van der Waals surface area contributed by atoms with E-state index in [9.17, 15) is 13.2 Å². The summed E-state index contributed by atoms with van der Waals surface area (Å²) in [5, 5.41) is 4.54. The van der Waals surface area contributed by atoms with Crippen LogP contribution in [0.1, 0.15) is 10.4 Å². The monoisotopic (exact) mass is 403 g/mol. The minimum absolute atomic E-state index is 0.155. The fourth-order valence-electron chi connectivity index (χ4n) is 2.91. The van der Waals surface area contributed by atoms with E-state index >= 15 is 0 Å². The Hall–Kier alpha value is -3.71. The van der Waals surface area contributed by atoms with Crippen molar-refractivity contribution < 1.29 is 13.2 Å². The second-order valence-corrected chi connectivity index (χ2v) is 8.07. The minimum atomic E-state index is -3.80. The summed E-state index contributed by atoms with van der Waals surface area (Å²) in [5.74, 6) is -0.344. The number of nitrogens with zero attached hydrogens (tertiary/aromatic N) is 1. The lowest BCUT2D eigenvalue weighted by molar-refractivity contribution is 0.102. The molecule has 144 valence electrons. The van der Waals surface area contributed by atoms with Crippen LogP contribution in [0.15, 0.2) is 96.2 Å². The number of carbonyl (C=O) groups excluding carboxylic acids is 1. The van der Waals surface area contributed by atoms with Gasteiger partial charge in [-0.25, -0.2) is 8.42 Å². The number of carbonyl (C=O) groups is 1. The van der Waals surface area contributed by atoms with E-state index in [4.69, 9.17) is 0 Å². The Morgan fingerprint density at radius 1 is 0.759 bits per heavy atom. The molecule has 7 heteroatoms. The predicted octanol–water partition coefficient (Wildman–Crippen LogP) is 4.29. The highest BCUT2D eigenvalue weighted by Gasteiger charge is 2.16. The Morgan fingerprint density at radius 2 is 1.52 bits per heavy atom. The molecule has 0 unspecified atom stereocenters. The topological polar surface area (TPSA) is 88.2 Å².